The van der Waals surface area contributed by atoms with Gasteiger partial charge >= 0.3 is 0 Å². The largest absolute Gasteiger partial charge is 0.469 e. The molecular weight excluding hydrogens is 138 g/mol. The van der Waals surface area contributed by atoms with Gasteiger partial charge in [-0.3, -0.25) is 0 Å². The molecule has 1 aromatic heterocycles. The molecule has 0 radical (unpaired) electrons. The van der Waals surface area contributed by atoms with Crippen LogP contribution in [0.1, 0.15) is 26.0 Å². The molecule has 0 saturated heterocycles. The van der Waals surface area contributed by atoms with Gasteiger partial charge in [0.05, 0.1) is 6.26 Å². The molecule has 0 aromatic carbocycles. The standard InChI is InChI=1S/C9H15NO/c1-9(2,5-6-10)8-4-3-7-11-8/h3-4,7H,5-6,10H2,1-2H3. The first-order chi connectivity index (χ1) is 5.17. The Labute approximate surface area is 67.4 Å². The van der Waals surface area contributed by atoms with Crippen LogP contribution in [0.2, 0.25) is 0 Å². The molecule has 0 unspecified atom stereocenters. The number of furan rings is 1. The van der Waals surface area contributed by atoms with Gasteiger partial charge in [0.2, 0.25) is 0 Å². The van der Waals surface area contributed by atoms with Gasteiger partial charge in [-0.1, -0.05) is 13.8 Å². The zero-order chi connectivity index (χ0) is 8.32. The molecule has 0 bridgehead atoms. The predicted molar refractivity (Wildman–Crippen MR) is 45.4 cm³/mol. The van der Waals surface area contributed by atoms with Crippen molar-refractivity contribution in [2.24, 2.45) is 5.73 Å². The van der Waals surface area contributed by atoms with Crippen molar-refractivity contribution < 1.29 is 4.42 Å². The molecule has 0 aliphatic heterocycles. The minimum absolute atomic E-state index is 0.0816. The van der Waals surface area contributed by atoms with E-state index in [1.807, 2.05) is 12.1 Å². The summed E-state index contributed by atoms with van der Waals surface area (Å²) in [4.78, 5) is 0. The fourth-order valence-electron chi connectivity index (χ4n) is 1.15. The minimum atomic E-state index is 0.0816. The van der Waals surface area contributed by atoms with Crippen molar-refractivity contribution in [1.29, 1.82) is 0 Å². The Morgan fingerprint density at radius 2 is 2.27 bits per heavy atom. The number of hydrogen-bond donors (Lipinski definition) is 1. The molecule has 2 heteroatoms. The first-order valence-electron chi connectivity index (χ1n) is 3.91. The van der Waals surface area contributed by atoms with Gasteiger partial charge in [0.25, 0.3) is 0 Å². The van der Waals surface area contributed by atoms with Gasteiger partial charge in [-0.15, -0.1) is 0 Å². The first kappa shape index (κ1) is 8.34. The van der Waals surface area contributed by atoms with Gasteiger partial charge in [-0.25, -0.2) is 0 Å². The second-order valence-electron chi connectivity index (χ2n) is 3.40. The molecule has 2 N–H and O–H groups in total. The maximum atomic E-state index is 5.48. The summed E-state index contributed by atoms with van der Waals surface area (Å²) >= 11 is 0. The van der Waals surface area contributed by atoms with Crippen LogP contribution < -0.4 is 5.73 Å². The van der Waals surface area contributed by atoms with E-state index in [9.17, 15) is 0 Å². The van der Waals surface area contributed by atoms with Crippen molar-refractivity contribution >= 4 is 0 Å². The molecule has 0 atom stereocenters. The van der Waals surface area contributed by atoms with E-state index in [2.05, 4.69) is 13.8 Å². The lowest BCUT2D eigenvalue weighted by Crippen LogP contribution is -2.20. The molecule has 0 aliphatic carbocycles. The summed E-state index contributed by atoms with van der Waals surface area (Å²) in [6.07, 6.45) is 2.66. The second kappa shape index (κ2) is 3.09. The predicted octanol–water partition coefficient (Wildman–Crippen LogP) is 1.91. The highest BCUT2D eigenvalue weighted by Crippen LogP contribution is 2.26. The van der Waals surface area contributed by atoms with Gasteiger partial charge in [0.15, 0.2) is 0 Å². The second-order valence-corrected chi connectivity index (χ2v) is 3.40. The molecule has 2 nitrogen and oxygen atoms in total. The molecule has 0 saturated carbocycles. The average molecular weight is 153 g/mol. The molecule has 0 fully saturated rings. The fourth-order valence-corrected chi connectivity index (χ4v) is 1.15. The van der Waals surface area contributed by atoms with E-state index in [-0.39, 0.29) is 5.41 Å². The summed E-state index contributed by atoms with van der Waals surface area (Å²) < 4.78 is 5.30. The van der Waals surface area contributed by atoms with Crippen molar-refractivity contribution in [2.75, 3.05) is 6.54 Å². The van der Waals surface area contributed by atoms with E-state index in [1.165, 1.54) is 0 Å². The van der Waals surface area contributed by atoms with Crippen LogP contribution in [0.5, 0.6) is 0 Å². The lowest BCUT2D eigenvalue weighted by Gasteiger charge is -2.20. The molecule has 0 aliphatic rings. The summed E-state index contributed by atoms with van der Waals surface area (Å²) in [6.45, 7) is 4.98. The molecule has 0 spiro atoms. The molecule has 1 heterocycles. The number of rotatable bonds is 3. The third-order valence-electron chi connectivity index (χ3n) is 1.96. The number of hydrogen-bond acceptors (Lipinski definition) is 2. The molecule has 1 rings (SSSR count). The first-order valence-corrected chi connectivity index (χ1v) is 3.91. The van der Waals surface area contributed by atoms with Crippen molar-refractivity contribution in [3.05, 3.63) is 24.2 Å². The lowest BCUT2D eigenvalue weighted by molar-refractivity contribution is 0.368. The summed E-state index contributed by atoms with van der Waals surface area (Å²) in [6, 6.07) is 3.91. The van der Waals surface area contributed by atoms with Gasteiger partial charge in [0, 0.05) is 5.41 Å². The highest BCUT2D eigenvalue weighted by Gasteiger charge is 2.21. The fraction of sp³-hybridized carbons (Fsp3) is 0.556. The Morgan fingerprint density at radius 3 is 2.73 bits per heavy atom. The summed E-state index contributed by atoms with van der Waals surface area (Å²) in [5, 5.41) is 0. The zero-order valence-electron chi connectivity index (χ0n) is 7.13. The molecular formula is C9H15NO. The van der Waals surface area contributed by atoms with E-state index in [0.717, 1.165) is 12.2 Å². The van der Waals surface area contributed by atoms with E-state index in [1.54, 1.807) is 6.26 Å². The van der Waals surface area contributed by atoms with E-state index in [0.29, 0.717) is 6.54 Å². The monoisotopic (exact) mass is 153 g/mol. The summed E-state index contributed by atoms with van der Waals surface area (Å²) in [5.74, 6) is 1.02. The van der Waals surface area contributed by atoms with Crippen LogP contribution in [-0.4, -0.2) is 6.54 Å². The van der Waals surface area contributed by atoms with Crippen molar-refractivity contribution in [1.82, 2.24) is 0 Å². The van der Waals surface area contributed by atoms with Crippen molar-refractivity contribution in [3.8, 4) is 0 Å². The summed E-state index contributed by atoms with van der Waals surface area (Å²) in [5.41, 5.74) is 5.56. The van der Waals surface area contributed by atoms with Crippen LogP contribution >= 0.6 is 0 Å². The van der Waals surface area contributed by atoms with E-state index in [4.69, 9.17) is 10.2 Å². The van der Waals surface area contributed by atoms with Crippen LogP contribution in [-0.2, 0) is 5.41 Å². The van der Waals surface area contributed by atoms with Gasteiger partial charge in [0.1, 0.15) is 5.76 Å². The normalized spacial score (nSPS) is 11.9. The quantitative estimate of drug-likeness (QED) is 0.720. The zero-order valence-corrected chi connectivity index (χ0v) is 7.13. The molecule has 11 heavy (non-hydrogen) atoms. The summed E-state index contributed by atoms with van der Waals surface area (Å²) in [7, 11) is 0. The third kappa shape index (κ3) is 1.84. The topological polar surface area (TPSA) is 39.2 Å². The van der Waals surface area contributed by atoms with Gasteiger partial charge in [-0.05, 0) is 25.1 Å². The maximum Gasteiger partial charge on any atom is 0.109 e. The Morgan fingerprint density at radius 1 is 1.55 bits per heavy atom. The Bertz CT molecular complexity index is 201. The van der Waals surface area contributed by atoms with Crippen LogP contribution in [0.3, 0.4) is 0 Å². The van der Waals surface area contributed by atoms with Gasteiger partial charge in [-0.2, -0.15) is 0 Å². The average Bonchev–Trinajstić information content (AvgIpc) is 2.37. The smallest absolute Gasteiger partial charge is 0.109 e. The van der Waals surface area contributed by atoms with Crippen molar-refractivity contribution in [2.45, 2.75) is 25.7 Å². The lowest BCUT2D eigenvalue weighted by atomic mass is 9.87. The van der Waals surface area contributed by atoms with E-state index >= 15 is 0 Å². The molecule has 0 amide bonds. The van der Waals surface area contributed by atoms with Crippen LogP contribution in [0.15, 0.2) is 22.8 Å². The minimum Gasteiger partial charge on any atom is -0.469 e. The molecule has 1 aromatic rings. The SMILES string of the molecule is CC(C)(CCN)c1ccco1. The van der Waals surface area contributed by atoms with Crippen molar-refractivity contribution in [3.63, 3.8) is 0 Å². The van der Waals surface area contributed by atoms with Crippen LogP contribution in [0, 0.1) is 0 Å². The maximum absolute atomic E-state index is 5.48. The highest BCUT2D eigenvalue weighted by molar-refractivity contribution is 5.10. The molecule has 62 valence electrons. The highest BCUT2D eigenvalue weighted by atomic mass is 16.3. The Hall–Kier alpha value is -0.760. The Balaban J connectivity index is 2.73. The van der Waals surface area contributed by atoms with Crippen LogP contribution in [0.4, 0.5) is 0 Å². The Kier molecular flexibility index (Phi) is 2.35. The number of nitrogens with two attached hydrogens (primary N) is 1. The third-order valence-corrected chi connectivity index (χ3v) is 1.96. The van der Waals surface area contributed by atoms with Crippen LogP contribution in [0.25, 0.3) is 0 Å². The van der Waals surface area contributed by atoms with E-state index < -0.39 is 0 Å². The van der Waals surface area contributed by atoms with Gasteiger partial charge < -0.3 is 10.2 Å².